The molecule has 3 heterocycles. The van der Waals surface area contributed by atoms with E-state index in [1.807, 2.05) is 32.0 Å². The number of hydrogen-bond donors (Lipinski definition) is 6. The van der Waals surface area contributed by atoms with E-state index in [2.05, 4.69) is 60.5 Å². The number of amides is 2. The monoisotopic (exact) mass is 638 g/mol. The highest BCUT2D eigenvalue weighted by Gasteiger charge is 2.44. The third kappa shape index (κ3) is 6.73. The highest BCUT2D eigenvalue weighted by atomic mass is 16.6. The van der Waals surface area contributed by atoms with Gasteiger partial charge in [-0.2, -0.15) is 0 Å². The number of anilines is 3. The molecule has 0 spiro atoms. The molecule has 4 atom stereocenters. The topological polar surface area (TPSA) is 176 Å². The molecule has 0 radical (unpaired) electrons. The van der Waals surface area contributed by atoms with E-state index >= 15 is 0 Å². The zero-order valence-electron chi connectivity index (χ0n) is 26.3. The molecule has 1 aliphatic rings. The highest BCUT2D eigenvalue weighted by Crippen LogP contribution is 2.32. The molecule has 2 aromatic heterocycles. The molecule has 1 saturated heterocycles. The molecular weight excluding hydrogens is 600 g/mol. The van der Waals surface area contributed by atoms with Crippen molar-refractivity contribution < 1.29 is 24.5 Å². The number of hydrogen-bond acceptors (Lipinski definition) is 10. The van der Waals surface area contributed by atoms with E-state index in [9.17, 15) is 19.8 Å². The summed E-state index contributed by atoms with van der Waals surface area (Å²) in [6.45, 7) is 6.13. The number of carbonyl (C=O) groups is 2. The number of aliphatic hydroxyl groups excluding tert-OH is 2. The molecule has 13 nitrogen and oxygen atoms in total. The Morgan fingerprint density at radius 3 is 2.60 bits per heavy atom. The summed E-state index contributed by atoms with van der Waals surface area (Å²) >= 11 is 0. The minimum atomic E-state index is -1.31. The van der Waals surface area contributed by atoms with Gasteiger partial charge in [0.25, 0.3) is 5.91 Å². The van der Waals surface area contributed by atoms with Gasteiger partial charge in [0.15, 0.2) is 23.2 Å². The number of benzene rings is 3. The van der Waals surface area contributed by atoms with Crippen LogP contribution in [0.3, 0.4) is 0 Å². The van der Waals surface area contributed by atoms with Crippen molar-refractivity contribution >= 4 is 50.9 Å². The second kappa shape index (κ2) is 13.7. The van der Waals surface area contributed by atoms with Crippen LogP contribution in [0.5, 0.6) is 0 Å². The maximum Gasteiger partial charge on any atom is 0.251 e. The van der Waals surface area contributed by atoms with Crippen LogP contribution in [-0.4, -0.2) is 72.4 Å². The zero-order chi connectivity index (χ0) is 33.1. The van der Waals surface area contributed by atoms with Crippen LogP contribution < -0.4 is 21.3 Å². The SMILES string of the molecule is CCC(=O)Nc1cc(C(=O)NC[C@H]2O[C@@H](n3cnc4c(NCc5cccc6ccccc56)ncnc43)[C@H](O)[C@@H]2O)ccc1NC(C)C. The van der Waals surface area contributed by atoms with Crippen LogP contribution in [0.25, 0.3) is 21.9 Å². The number of aliphatic hydroxyl groups is 2. The number of ether oxygens (including phenoxy) is 1. The van der Waals surface area contributed by atoms with Crippen molar-refractivity contribution in [2.45, 2.75) is 64.3 Å². The van der Waals surface area contributed by atoms with Crippen molar-refractivity contribution in [1.29, 1.82) is 0 Å². The Bertz CT molecular complexity index is 1910. The summed E-state index contributed by atoms with van der Waals surface area (Å²) in [6, 6.07) is 19.4. The number of fused-ring (bicyclic) bond motifs is 2. The summed E-state index contributed by atoms with van der Waals surface area (Å²) in [6.07, 6.45) is -1.34. The fraction of sp³-hybridized carbons (Fsp3) is 0.324. The van der Waals surface area contributed by atoms with Gasteiger partial charge in [-0.15, -0.1) is 0 Å². The third-order valence-corrected chi connectivity index (χ3v) is 8.08. The van der Waals surface area contributed by atoms with Gasteiger partial charge >= 0.3 is 0 Å². The van der Waals surface area contributed by atoms with E-state index in [0.29, 0.717) is 46.9 Å². The number of carbonyl (C=O) groups excluding carboxylic acids is 2. The first-order valence-electron chi connectivity index (χ1n) is 15.6. The Labute approximate surface area is 271 Å². The lowest BCUT2D eigenvalue weighted by Crippen LogP contribution is -2.39. The average molecular weight is 639 g/mol. The molecule has 3 aromatic carbocycles. The summed E-state index contributed by atoms with van der Waals surface area (Å²) in [5.41, 5.74) is 3.50. The van der Waals surface area contributed by atoms with Crippen molar-refractivity contribution in [1.82, 2.24) is 24.8 Å². The molecule has 0 unspecified atom stereocenters. The molecular formula is C34H38N8O5. The largest absolute Gasteiger partial charge is 0.387 e. The molecule has 6 rings (SSSR count). The second-order valence-electron chi connectivity index (χ2n) is 11.8. The first-order valence-corrected chi connectivity index (χ1v) is 15.6. The van der Waals surface area contributed by atoms with Gasteiger partial charge in [-0.3, -0.25) is 14.2 Å². The lowest BCUT2D eigenvalue weighted by Gasteiger charge is -2.18. The number of nitrogens with zero attached hydrogens (tertiary/aromatic N) is 4. The molecule has 47 heavy (non-hydrogen) atoms. The normalized spacial score (nSPS) is 19.3. The molecule has 1 aliphatic heterocycles. The molecule has 0 bridgehead atoms. The summed E-state index contributed by atoms with van der Waals surface area (Å²) in [5, 5.41) is 36.3. The van der Waals surface area contributed by atoms with Crippen LogP contribution in [0, 0.1) is 0 Å². The van der Waals surface area contributed by atoms with E-state index in [4.69, 9.17) is 4.74 Å². The van der Waals surface area contributed by atoms with Crippen LogP contribution in [-0.2, 0) is 16.1 Å². The minimum Gasteiger partial charge on any atom is -0.387 e. The van der Waals surface area contributed by atoms with Crippen LogP contribution in [0.15, 0.2) is 73.3 Å². The Morgan fingerprint density at radius 1 is 0.979 bits per heavy atom. The van der Waals surface area contributed by atoms with Gasteiger partial charge in [0.2, 0.25) is 5.91 Å². The zero-order valence-corrected chi connectivity index (χ0v) is 26.3. The third-order valence-electron chi connectivity index (χ3n) is 8.08. The number of aromatic nitrogens is 4. The van der Waals surface area contributed by atoms with Crippen molar-refractivity contribution in [2.75, 3.05) is 22.5 Å². The second-order valence-corrected chi connectivity index (χ2v) is 11.8. The molecule has 13 heteroatoms. The number of imidazole rings is 1. The molecule has 5 aromatic rings. The van der Waals surface area contributed by atoms with Crippen LogP contribution >= 0.6 is 0 Å². The van der Waals surface area contributed by atoms with E-state index in [0.717, 1.165) is 16.3 Å². The van der Waals surface area contributed by atoms with Gasteiger partial charge in [0.05, 0.1) is 17.7 Å². The van der Waals surface area contributed by atoms with Crippen molar-refractivity contribution in [2.24, 2.45) is 0 Å². The summed E-state index contributed by atoms with van der Waals surface area (Å²) in [5.74, 6) is -0.0888. The molecule has 244 valence electrons. The van der Waals surface area contributed by atoms with Gasteiger partial charge in [-0.1, -0.05) is 49.4 Å². The first-order chi connectivity index (χ1) is 22.7. The van der Waals surface area contributed by atoms with E-state index < -0.39 is 30.4 Å². The fourth-order valence-corrected chi connectivity index (χ4v) is 5.68. The first kappa shape index (κ1) is 31.9. The molecule has 0 aliphatic carbocycles. The number of nitrogens with one attached hydrogen (secondary N) is 4. The predicted molar refractivity (Wildman–Crippen MR) is 179 cm³/mol. The fourth-order valence-electron chi connectivity index (χ4n) is 5.68. The van der Waals surface area contributed by atoms with Crippen molar-refractivity contribution in [3.8, 4) is 0 Å². The van der Waals surface area contributed by atoms with Crippen LogP contribution in [0.2, 0.25) is 0 Å². The molecule has 6 N–H and O–H groups in total. The van der Waals surface area contributed by atoms with Gasteiger partial charge in [-0.25, -0.2) is 15.0 Å². The maximum absolute atomic E-state index is 13.1. The van der Waals surface area contributed by atoms with Gasteiger partial charge in [-0.05, 0) is 48.4 Å². The van der Waals surface area contributed by atoms with Gasteiger partial charge in [0, 0.05) is 31.1 Å². The van der Waals surface area contributed by atoms with Crippen LogP contribution in [0.1, 0.15) is 49.3 Å². The van der Waals surface area contributed by atoms with E-state index in [-0.39, 0.29) is 18.5 Å². The summed E-state index contributed by atoms with van der Waals surface area (Å²) in [4.78, 5) is 38.5. The Balaban J connectivity index is 1.14. The summed E-state index contributed by atoms with van der Waals surface area (Å²) in [7, 11) is 0. The molecule has 2 amide bonds. The Kier molecular flexibility index (Phi) is 9.29. The smallest absolute Gasteiger partial charge is 0.251 e. The van der Waals surface area contributed by atoms with Crippen LogP contribution in [0.4, 0.5) is 17.2 Å². The Hall–Kier alpha value is -5.11. The van der Waals surface area contributed by atoms with E-state index in [1.54, 1.807) is 29.7 Å². The molecule has 1 fully saturated rings. The number of rotatable bonds is 11. The Morgan fingerprint density at radius 2 is 1.79 bits per heavy atom. The summed E-state index contributed by atoms with van der Waals surface area (Å²) < 4.78 is 7.61. The van der Waals surface area contributed by atoms with Gasteiger partial charge < -0.3 is 36.2 Å². The predicted octanol–water partition coefficient (Wildman–Crippen LogP) is 3.81. The lowest BCUT2D eigenvalue weighted by atomic mass is 10.0. The maximum atomic E-state index is 13.1. The minimum absolute atomic E-state index is 0.0738. The lowest BCUT2D eigenvalue weighted by molar-refractivity contribution is -0.115. The average Bonchev–Trinajstić information content (AvgIpc) is 3.63. The van der Waals surface area contributed by atoms with E-state index in [1.165, 1.54) is 12.7 Å². The highest BCUT2D eigenvalue weighted by molar-refractivity contribution is 5.99. The van der Waals surface area contributed by atoms with Gasteiger partial charge in [0.1, 0.15) is 24.6 Å². The quantitative estimate of drug-likeness (QED) is 0.125. The van der Waals surface area contributed by atoms with Crippen molar-refractivity contribution in [3.63, 3.8) is 0 Å². The standard InChI is InChI=1S/C34H38N8O5/c1-4-27(43)41-25-14-21(12-13-24(25)40-19(2)3)33(46)36-16-26-29(44)30(45)34(47-26)42-18-39-28-31(37-17-38-32(28)42)35-15-22-10-7-9-20-8-5-6-11-23(20)22/h5-14,17-19,26,29-30,34,40,44-45H,4,15-16H2,1-3H3,(H,36,46)(H,41,43)(H,35,37,38)/t26-,29-,30-,34-/m1/s1. The van der Waals surface area contributed by atoms with Crippen molar-refractivity contribution in [3.05, 3.63) is 84.4 Å². The molecule has 0 saturated carbocycles.